The predicted molar refractivity (Wildman–Crippen MR) is 87.2 cm³/mol. The number of ether oxygens (including phenoxy) is 2. The average Bonchev–Trinajstić information content (AvgIpc) is 3.09. The second-order valence-electron chi connectivity index (χ2n) is 7.14. The molecular formula is C19H22F4O3. The van der Waals surface area contributed by atoms with Crippen molar-refractivity contribution in [1.82, 2.24) is 0 Å². The van der Waals surface area contributed by atoms with Crippen LogP contribution >= 0.6 is 0 Å². The summed E-state index contributed by atoms with van der Waals surface area (Å²) in [5.41, 5.74) is -1.48. The summed E-state index contributed by atoms with van der Waals surface area (Å²) in [6, 6.07) is 0. The molecule has 0 radical (unpaired) electrons. The maximum absolute atomic E-state index is 14.4. The molecule has 1 unspecified atom stereocenters. The summed E-state index contributed by atoms with van der Waals surface area (Å²) in [4.78, 5) is 12.2. The largest absolute Gasteiger partial charge is 0.460 e. The first-order valence-corrected chi connectivity index (χ1v) is 8.18. The summed E-state index contributed by atoms with van der Waals surface area (Å²) in [7, 11) is 1.28. The van der Waals surface area contributed by atoms with Gasteiger partial charge >= 0.3 is 5.97 Å². The summed E-state index contributed by atoms with van der Waals surface area (Å²) in [6.45, 7) is 5.10. The number of carbonyl (C=O) groups excluding carboxylic acids is 1. The molecule has 1 aromatic rings. The van der Waals surface area contributed by atoms with Gasteiger partial charge in [0.2, 0.25) is 0 Å². The normalized spacial score (nSPS) is 21.7. The van der Waals surface area contributed by atoms with Crippen molar-refractivity contribution in [3.8, 4) is 0 Å². The number of allylic oxidation sites excluding steroid dienone is 2. The van der Waals surface area contributed by atoms with E-state index in [2.05, 4.69) is 0 Å². The van der Waals surface area contributed by atoms with Crippen molar-refractivity contribution in [1.29, 1.82) is 0 Å². The highest BCUT2D eigenvalue weighted by molar-refractivity contribution is 5.78. The summed E-state index contributed by atoms with van der Waals surface area (Å²) in [5.74, 6) is -5.68. The first-order chi connectivity index (χ1) is 12.0. The number of benzene rings is 1. The number of esters is 1. The van der Waals surface area contributed by atoms with E-state index in [0.29, 0.717) is 0 Å². The number of rotatable bonds is 6. The Morgan fingerprint density at radius 2 is 1.69 bits per heavy atom. The Morgan fingerprint density at radius 3 is 2.23 bits per heavy atom. The Labute approximate surface area is 150 Å². The Balaban J connectivity index is 2.18. The van der Waals surface area contributed by atoms with Crippen molar-refractivity contribution in [2.24, 2.45) is 17.3 Å². The predicted octanol–water partition coefficient (Wildman–Crippen LogP) is 4.75. The van der Waals surface area contributed by atoms with Crippen LogP contribution in [0.4, 0.5) is 17.6 Å². The third kappa shape index (κ3) is 3.63. The lowest BCUT2D eigenvalue weighted by atomic mass is 10.0. The Hall–Kier alpha value is -1.89. The summed E-state index contributed by atoms with van der Waals surface area (Å²) < 4.78 is 65.5. The van der Waals surface area contributed by atoms with Crippen molar-refractivity contribution >= 4 is 5.97 Å². The fourth-order valence-electron chi connectivity index (χ4n) is 3.25. The third-order valence-corrected chi connectivity index (χ3v) is 4.99. The van der Waals surface area contributed by atoms with Crippen LogP contribution in [0, 0.1) is 41.6 Å². The van der Waals surface area contributed by atoms with Crippen molar-refractivity contribution in [2.45, 2.75) is 40.9 Å². The van der Waals surface area contributed by atoms with Crippen molar-refractivity contribution in [2.75, 3.05) is 7.11 Å². The molecule has 2 rings (SSSR count). The zero-order valence-corrected chi connectivity index (χ0v) is 15.4. The first kappa shape index (κ1) is 20.4. The molecule has 0 saturated heterocycles. The molecule has 1 aliphatic carbocycles. The van der Waals surface area contributed by atoms with Gasteiger partial charge in [0, 0.05) is 12.7 Å². The number of carbonyl (C=O) groups is 1. The molecule has 1 aromatic carbocycles. The third-order valence-electron chi connectivity index (χ3n) is 4.99. The smallest absolute Gasteiger partial charge is 0.310 e. The van der Waals surface area contributed by atoms with E-state index in [0.717, 1.165) is 0 Å². The zero-order chi connectivity index (χ0) is 19.8. The topological polar surface area (TPSA) is 35.5 Å². The average molecular weight is 374 g/mol. The minimum Gasteiger partial charge on any atom is -0.460 e. The Bertz CT molecular complexity index is 723. The van der Waals surface area contributed by atoms with E-state index in [-0.39, 0.29) is 23.7 Å². The van der Waals surface area contributed by atoms with Gasteiger partial charge in [-0.3, -0.25) is 4.79 Å². The molecule has 0 N–H and O–H groups in total. The number of halogens is 4. The second-order valence-corrected chi connectivity index (χ2v) is 7.14. The molecule has 2 atom stereocenters. The van der Waals surface area contributed by atoms with Crippen LogP contribution in [-0.2, 0) is 27.5 Å². The quantitative estimate of drug-likeness (QED) is 0.410. The molecule has 0 aliphatic heterocycles. The van der Waals surface area contributed by atoms with Crippen molar-refractivity contribution in [3.63, 3.8) is 0 Å². The van der Waals surface area contributed by atoms with Gasteiger partial charge in [-0.2, -0.15) is 0 Å². The molecule has 0 amide bonds. The molecule has 1 fully saturated rings. The Kier molecular flexibility index (Phi) is 5.80. The van der Waals surface area contributed by atoms with E-state index in [1.54, 1.807) is 13.8 Å². The second kappa shape index (κ2) is 7.39. The molecule has 1 aliphatic rings. The van der Waals surface area contributed by atoms with Gasteiger partial charge in [0.1, 0.15) is 12.4 Å². The van der Waals surface area contributed by atoms with Gasteiger partial charge in [-0.05, 0) is 36.8 Å². The van der Waals surface area contributed by atoms with Crippen molar-refractivity contribution < 1.29 is 31.8 Å². The lowest BCUT2D eigenvalue weighted by Gasteiger charge is -2.14. The molecule has 7 heteroatoms. The molecule has 1 saturated carbocycles. The highest BCUT2D eigenvalue weighted by Gasteiger charge is 2.61. The van der Waals surface area contributed by atoms with Gasteiger partial charge < -0.3 is 9.47 Å². The number of methoxy groups -OCH3 is 1. The van der Waals surface area contributed by atoms with E-state index < -0.39 is 52.8 Å². The molecule has 3 nitrogen and oxygen atoms in total. The van der Waals surface area contributed by atoms with Crippen LogP contribution in [0.15, 0.2) is 11.9 Å². The Morgan fingerprint density at radius 1 is 1.12 bits per heavy atom. The fourth-order valence-corrected chi connectivity index (χ4v) is 3.25. The monoisotopic (exact) mass is 374 g/mol. The number of hydrogen-bond donors (Lipinski definition) is 0. The minimum atomic E-state index is -1.40. The maximum Gasteiger partial charge on any atom is 0.310 e. The lowest BCUT2D eigenvalue weighted by molar-refractivity contribution is -0.147. The van der Waals surface area contributed by atoms with Crippen LogP contribution in [0.2, 0.25) is 0 Å². The highest BCUT2D eigenvalue weighted by atomic mass is 19.2. The SMILES string of the molecule is COCc1c(C)c(F)c(COC(=O)[C@@H]2C(/C=C(/C)F)C2(C)C)c(F)c1F. The van der Waals surface area contributed by atoms with Gasteiger partial charge in [0.15, 0.2) is 11.6 Å². The molecule has 26 heavy (non-hydrogen) atoms. The van der Waals surface area contributed by atoms with E-state index in [4.69, 9.17) is 9.47 Å². The van der Waals surface area contributed by atoms with Crippen LogP contribution in [0.3, 0.4) is 0 Å². The van der Waals surface area contributed by atoms with Gasteiger partial charge in [-0.1, -0.05) is 13.8 Å². The van der Waals surface area contributed by atoms with E-state index in [1.165, 1.54) is 27.0 Å². The lowest BCUT2D eigenvalue weighted by Crippen LogP contribution is -2.14. The highest BCUT2D eigenvalue weighted by Crippen LogP contribution is 2.60. The van der Waals surface area contributed by atoms with Gasteiger partial charge in [0.05, 0.1) is 23.9 Å². The maximum atomic E-state index is 14.4. The van der Waals surface area contributed by atoms with E-state index >= 15 is 0 Å². The molecule has 0 aromatic heterocycles. The standard InChI is InChI=1S/C19H22F4O3/c1-9(20)6-13-14(19(13,3)4)18(24)26-8-12-15(21)10(2)11(7-25-5)16(22)17(12)23/h6,13-14H,7-8H2,1-5H3/b9-6-/t13?,14-/m0/s1. The van der Waals surface area contributed by atoms with Gasteiger partial charge in [-0.25, -0.2) is 17.6 Å². The van der Waals surface area contributed by atoms with Crippen molar-refractivity contribution in [3.05, 3.63) is 46.0 Å². The van der Waals surface area contributed by atoms with Crippen LogP contribution in [0.5, 0.6) is 0 Å². The summed E-state index contributed by atoms with van der Waals surface area (Å²) in [6.07, 6.45) is 1.33. The molecule has 0 bridgehead atoms. The fraction of sp³-hybridized carbons (Fsp3) is 0.526. The van der Waals surface area contributed by atoms with E-state index in [1.807, 2.05) is 0 Å². The zero-order valence-electron chi connectivity index (χ0n) is 15.4. The molecular weight excluding hydrogens is 352 g/mol. The summed E-state index contributed by atoms with van der Waals surface area (Å²) in [5, 5.41) is 0. The molecule has 0 spiro atoms. The van der Waals surface area contributed by atoms with Gasteiger partial charge in [-0.15, -0.1) is 0 Å². The minimum absolute atomic E-state index is 0.0996. The van der Waals surface area contributed by atoms with Crippen LogP contribution < -0.4 is 0 Å². The molecule has 0 heterocycles. The van der Waals surface area contributed by atoms with Crippen LogP contribution in [-0.4, -0.2) is 13.1 Å². The molecule has 144 valence electrons. The first-order valence-electron chi connectivity index (χ1n) is 8.18. The van der Waals surface area contributed by atoms with Gasteiger partial charge in [0.25, 0.3) is 0 Å². The summed E-state index contributed by atoms with van der Waals surface area (Å²) >= 11 is 0. The van der Waals surface area contributed by atoms with E-state index in [9.17, 15) is 22.4 Å². The van der Waals surface area contributed by atoms with Crippen LogP contribution in [0.1, 0.15) is 37.5 Å². The number of hydrogen-bond acceptors (Lipinski definition) is 3. The van der Waals surface area contributed by atoms with Crippen LogP contribution in [0.25, 0.3) is 0 Å².